The van der Waals surface area contributed by atoms with Gasteiger partial charge in [-0.05, 0) is 12.0 Å². The van der Waals surface area contributed by atoms with Gasteiger partial charge in [0.1, 0.15) is 6.04 Å². The highest BCUT2D eigenvalue weighted by molar-refractivity contribution is 5.73. The number of carbonyl (C=O) groups is 1. The number of benzene rings is 1. The lowest BCUT2D eigenvalue weighted by molar-refractivity contribution is -0.139. The van der Waals surface area contributed by atoms with Crippen molar-refractivity contribution >= 4 is 5.97 Å². The first-order chi connectivity index (χ1) is 7.74. The van der Waals surface area contributed by atoms with E-state index in [1.807, 2.05) is 30.3 Å². The number of hydrogen-bond acceptors (Lipinski definition) is 2. The maximum atomic E-state index is 11.0. The number of nitrogens with one attached hydrogen (secondary N) is 1. The molecule has 0 radical (unpaired) electrons. The van der Waals surface area contributed by atoms with Gasteiger partial charge in [0.25, 0.3) is 0 Å². The number of rotatable bonds is 7. The van der Waals surface area contributed by atoms with Gasteiger partial charge in [-0.3, -0.25) is 4.79 Å². The minimum Gasteiger partial charge on any atom is -0.480 e. The van der Waals surface area contributed by atoms with Gasteiger partial charge < -0.3 is 10.4 Å². The molecule has 2 N–H and O–H groups in total. The van der Waals surface area contributed by atoms with Crippen LogP contribution in [0, 0.1) is 0 Å². The van der Waals surface area contributed by atoms with Gasteiger partial charge >= 0.3 is 5.97 Å². The van der Waals surface area contributed by atoms with Gasteiger partial charge in [0.05, 0.1) is 0 Å². The zero-order chi connectivity index (χ0) is 11.8. The second kappa shape index (κ2) is 7.01. The Kier molecular flexibility index (Phi) is 5.57. The van der Waals surface area contributed by atoms with Gasteiger partial charge in [0.2, 0.25) is 0 Å². The first kappa shape index (κ1) is 12.7. The van der Waals surface area contributed by atoms with Crippen molar-refractivity contribution in [1.29, 1.82) is 0 Å². The molecule has 16 heavy (non-hydrogen) atoms. The van der Waals surface area contributed by atoms with E-state index in [1.165, 1.54) is 0 Å². The van der Waals surface area contributed by atoms with Gasteiger partial charge in [0.15, 0.2) is 0 Å². The summed E-state index contributed by atoms with van der Waals surface area (Å²) < 4.78 is 0. The van der Waals surface area contributed by atoms with E-state index in [9.17, 15) is 4.79 Å². The number of carboxylic acids is 1. The summed E-state index contributed by atoms with van der Waals surface area (Å²) in [6, 6.07) is 9.42. The highest BCUT2D eigenvalue weighted by Gasteiger charge is 2.15. The van der Waals surface area contributed by atoms with Crippen molar-refractivity contribution in [2.45, 2.75) is 38.8 Å². The Morgan fingerprint density at radius 1 is 1.38 bits per heavy atom. The molecular weight excluding hydrogens is 202 g/mol. The number of unbranched alkanes of at least 4 members (excludes halogenated alkanes) is 1. The van der Waals surface area contributed by atoms with Crippen molar-refractivity contribution in [2.24, 2.45) is 0 Å². The van der Waals surface area contributed by atoms with Crippen LogP contribution in [0.2, 0.25) is 0 Å². The van der Waals surface area contributed by atoms with Crippen LogP contribution in [-0.4, -0.2) is 17.1 Å². The van der Waals surface area contributed by atoms with Crippen LogP contribution in [0.1, 0.15) is 31.7 Å². The second-order valence-corrected chi connectivity index (χ2v) is 3.90. The lowest BCUT2D eigenvalue weighted by Gasteiger charge is -2.13. The van der Waals surface area contributed by atoms with E-state index in [4.69, 9.17) is 5.11 Å². The first-order valence-electron chi connectivity index (χ1n) is 5.74. The minimum atomic E-state index is -0.760. The van der Waals surface area contributed by atoms with Crippen LogP contribution >= 0.6 is 0 Å². The van der Waals surface area contributed by atoms with Crippen molar-refractivity contribution < 1.29 is 9.90 Å². The molecule has 88 valence electrons. The summed E-state index contributed by atoms with van der Waals surface area (Å²) in [5, 5.41) is 12.1. The highest BCUT2D eigenvalue weighted by atomic mass is 16.4. The highest BCUT2D eigenvalue weighted by Crippen LogP contribution is 2.03. The van der Waals surface area contributed by atoms with Gasteiger partial charge in [-0.2, -0.15) is 0 Å². The molecule has 0 amide bonds. The molecule has 0 bridgehead atoms. The predicted octanol–water partition coefficient (Wildman–Crippen LogP) is 2.42. The Balaban J connectivity index is 2.41. The maximum Gasteiger partial charge on any atom is 0.320 e. The standard InChI is InChI=1S/C13H19NO2/c1-2-3-9-12(13(15)16)14-10-11-7-5-4-6-8-11/h4-8,12,14H,2-3,9-10H2,1H3,(H,15,16). The van der Waals surface area contributed by atoms with Crippen LogP contribution < -0.4 is 5.32 Å². The normalized spacial score (nSPS) is 12.3. The molecule has 0 spiro atoms. The van der Waals surface area contributed by atoms with Crippen molar-refractivity contribution in [3.05, 3.63) is 35.9 Å². The fourth-order valence-electron chi connectivity index (χ4n) is 1.56. The van der Waals surface area contributed by atoms with Crippen LogP contribution in [0.15, 0.2) is 30.3 Å². The average molecular weight is 221 g/mol. The van der Waals surface area contributed by atoms with Crippen LogP contribution in [0.3, 0.4) is 0 Å². The van der Waals surface area contributed by atoms with Crippen molar-refractivity contribution in [3.8, 4) is 0 Å². The summed E-state index contributed by atoms with van der Waals surface area (Å²) in [6.45, 7) is 2.68. The average Bonchev–Trinajstić information content (AvgIpc) is 2.30. The third-order valence-electron chi connectivity index (χ3n) is 2.54. The molecule has 0 aliphatic heterocycles. The Bertz CT molecular complexity index is 311. The van der Waals surface area contributed by atoms with Gasteiger partial charge in [0, 0.05) is 6.54 Å². The van der Waals surface area contributed by atoms with E-state index in [-0.39, 0.29) is 0 Å². The molecule has 0 saturated carbocycles. The molecule has 1 atom stereocenters. The lowest BCUT2D eigenvalue weighted by Crippen LogP contribution is -2.36. The molecule has 0 aliphatic carbocycles. The monoisotopic (exact) mass is 221 g/mol. The molecule has 0 aliphatic rings. The molecule has 1 unspecified atom stereocenters. The molecule has 3 heteroatoms. The predicted molar refractivity (Wildman–Crippen MR) is 64.2 cm³/mol. The zero-order valence-electron chi connectivity index (χ0n) is 9.65. The van der Waals surface area contributed by atoms with Crippen LogP contribution in [0.5, 0.6) is 0 Å². The molecular formula is C13H19NO2. The van der Waals surface area contributed by atoms with E-state index in [0.717, 1.165) is 18.4 Å². The Hall–Kier alpha value is -1.35. The summed E-state index contributed by atoms with van der Waals surface area (Å²) in [5.41, 5.74) is 1.12. The molecule has 3 nitrogen and oxygen atoms in total. The minimum absolute atomic E-state index is 0.430. The summed E-state index contributed by atoms with van der Waals surface area (Å²) in [5.74, 6) is -0.760. The topological polar surface area (TPSA) is 49.3 Å². The molecule has 0 saturated heterocycles. The fourth-order valence-corrected chi connectivity index (χ4v) is 1.56. The first-order valence-corrected chi connectivity index (χ1v) is 5.74. The Labute approximate surface area is 96.5 Å². The SMILES string of the molecule is CCCCC(NCc1ccccc1)C(=O)O. The van der Waals surface area contributed by atoms with Crippen LogP contribution in [-0.2, 0) is 11.3 Å². The molecule has 0 aromatic heterocycles. The summed E-state index contributed by atoms with van der Waals surface area (Å²) in [4.78, 5) is 11.0. The molecule has 1 rings (SSSR count). The lowest BCUT2D eigenvalue weighted by atomic mass is 10.1. The second-order valence-electron chi connectivity index (χ2n) is 3.90. The third kappa shape index (κ3) is 4.45. The number of hydrogen-bond donors (Lipinski definition) is 2. The van der Waals surface area contributed by atoms with Gasteiger partial charge in [-0.1, -0.05) is 50.1 Å². The quantitative estimate of drug-likeness (QED) is 0.743. The Morgan fingerprint density at radius 3 is 2.62 bits per heavy atom. The van der Waals surface area contributed by atoms with E-state index < -0.39 is 12.0 Å². The van der Waals surface area contributed by atoms with Crippen LogP contribution in [0.25, 0.3) is 0 Å². The maximum absolute atomic E-state index is 11.0. The fraction of sp³-hybridized carbons (Fsp3) is 0.462. The molecule has 0 fully saturated rings. The summed E-state index contributed by atoms with van der Waals surface area (Å²) in [7, 11) is 0. The zero-order valence-corrected chi connectivity index (χ0v) is 9.65. The van der Waals surface area contributed by atoms with E-state index in [2.05, 4.69) is 12.2 Å². The van der Waals surface area contributed by atoms with Crippen molar-refractivity contribution in [3.63, 3.8) is 0 Å². The summed E-state index contributed by atoms with van der Waals surface area (Å²) in [6.07, 6.45) is 2.66. The van der Waals surface area contributed by atoms with E-state index in [1.54, 1.807) is 0 Å². The largest absolute Gasteiger partial charge is 0.480 e. The third-order valence-corrected chi connectivity index (χ3v) is 2.54. The van der Waals surface area contributed by atoms with E-state index >= 15 is 0 Å². The summed E-state index contributed by atoms with van der Waals surface area (Å²) >= 11 is 0. The Morgan fingerprint density at radius 2 is 2.06 bits per heavy atom. The van der Waals surface area contributed by atoms with Crippen LogP contribution in [0.4, 0.5) is 0 Å². The molecule has 1 aromatic carbocycles. The number of aliphatic carboxylic acids is 1. The van der Waals surface area contributed by atoms with Crippen molar-refractivity contribution in [1.82, 2.24) is 5.32 Å². The van der Waals surface area contributed by atoms with E-state index in [0.29, 0.717) is 13.0 Å². The van der Waals surface area contributed by atoms with Crippen molar-refractivity contribution in [2.75, 3.05) is 0 Å². The van der Waals surface area contributed by atoms with Gasteiger partial charge in [-0.15, -0.1) is 0 Å². The molecule has 1 aromatic rings. The molecule has 0 heterocycles. The van der Waals surface area contributed by atoms with Gasteiger partial charge in [-0.25, -0.2) is 0 Å². The number of carboxylic acid groups (broad SMARTS) is 1. The smallest absolute Gasteiger partial charge is 0.320 e.